The molecule has 2 aromatic carbocycles. The number of hydrogen-bond donors (Lipinski definition) is 0. The van der Waals surface area contributed by atoms with Crippen LogP contribution in [-0.2, 0) is 36.6 Å². The maximum Gasteiger partial charge on any atom is 0.297 e. The summed E-state index contributed by atoms with van der Waals surface area (Å²) in [6.45, 7) is 1.45. The molecule has 0 unspecified atom stereocenters. The van der Waals surface area contributed by atoms with Gasteiger partial charge in [0.1, 0.15) is 24.1 Å². The van der Waals surface area contributed by atoms with Gasteiger partial charge in [0.05, 0.1) is 23.9 Å². The number of aromatic nitrogens is 3. The van der Waals surface area contributed by atoms with Gasteiger partial charge < -0.3 is 14.0 Å². The third kappa shape index (κ3) is 5.25. The Bertz CT molecular complexity index is 1240. The summed E-state index contributed by atoms with van der Waals surface area (Å²) in [4.78, 5) is 0.0145. The molecule has 0 saturated carbocycles. The quantitative estimate of drug-likeness (QED) is 0.346. The normalized spacial score (nSPS) is 20.9. The number of nitrogens with zero attached hydrogens (tertiary/aromatic N) is 3. The first kappa shape index (κ1) is 23.8. The zero-order valence-electron chi connectivity index (χ0n) is 17.8. The Labute approximate surface area is 194 Å². The summed E-state index contributed by atoms with van der Waals surface area (Å²) in [5.41, 5.74) is 0.899. The second kappa shape index (κ2) is 9.47. The molecule has 3 aromatic rings. The number of rotatable bonds is 8. The predicted molar refractivity (Wildman–Crippen MR) is 115 cm³/mol. The lowest BCUT2D eigenvalue weighted by Crippen LogP contribution is -2.33. The van der Waals surface area contributed by atoms with Crippen molar-refractivity contribution in [2.75, 3.05) is 19.0 Å². The van der Waals surface area contributed by atoms with Crippen molar-refractivity contribution in [1.82, 2.24) is 14.8 Å². The average molecular weight is 498 g/mol. The Hall–Kier alpha value is -2.38. The fourth-order valence-electron chi connectivity index (χ4n) is 3.24. The second-order valence-corrected chi connectivity index (χ2v) is 10.1. The van der Waals surface area contributed by atoms with Crippen LogP contribution in [0.3, 0.4) is 0 Å². The molecule has 176 valence electrons. The first-order chi connectivity index (χ1) is 15.7. The summed E-state index contributed by atoms with van der Waals surface area (Å²) in [6, 6.07) is 9.32. The van der Waals surface area contributed by atoms with E-state index in [0.29, 0.717) is 5.16 Å². The Morgan fingerprint density at radius 3 is 2.67 bits per heavy atom. The molecular weight excluding hydrogens is 476 g/mol. The van der Waals surface area contributed by atoms with Crippen LogP contribution < -0.4 is 0 Å². The van der Waals surface area contributed by atoms with E-state index in [1.54, 1.807) is 23.7 Å². The van der Waals surface area contributed by atoms with Gasteiger partial charge in [-0.3, -0.25) is 4.18 Å². The van der Waals surface area contributed by atoms with Crippen LogP contribution in [-0.4, -0.2) is 48.3 Å². The molecule has 0 spiro atoms. The summed E-state index contributed by atoms with van der Waals surface area (Å²) in [6.07, 6.45) is 0.700. The third-order valence-corrected chi connectivity index (χ3v) is 7.43. The van der Waals surface area contributed by atoms with Gasteiger partial charge >= 0.3 is 0 Å². The molecule has 0 bridgehead atoms. The van der Waals surface area contributed by atoms with E-state index < -0.39 is 33.6 Å². The standard InChI is InChI=1S/C21H21F2N3O5S2/c1-14-3-6-17(7-4-14)33(27,28)30-11-16-10-29-21(31-16,12-32-20-25-24-13-26(20)2)18-8-5-15(22)9-19(18)23/h3-9,13,16H,10-12H2,1-2H3/t16-,21+/m0/s1. The molecule has 12 heteroatoms. The number of ether oxygens (including phenoxy) is 2. The summed E-state index contributed by atoms with van der Waals surface area (Å²) in [5, 5.41) is 8.30. The lowest BCUT2D eigenvalue weighted by atomic mass is 10.1. The van der Waals surface area contributed by atoms with Crippen molar-refractivity contribution in [3.8, 4) is 0 Å². The highest BCUT2D eigenvalue weighted by Crippen LogP contribution is 2.40. The first-order valence-corrected chi connectivity index (χ1v) is 12.3. The van der Waals surface area contributed by atoms with Crippen molar-refractivity contribution in [1.29, 1.82) is 0 Å². The SMILES string of the molecule is Cc1ccc(S(=O)(=O)OC[C@@H]2CO[C@@](CSc3nncn3C)(c3ccc(F)cc3F)O2)cc1. The van der Waals surface area contributed by atoms with Crippen LogP contribution in [0.15, 0.2) is 58.8 Å². The zero-order valence-corrected chi connectivity index (χ0v) is 19.4. The number of thioether (sulfide) groups is 1. The molecule has 1 aliphatic rings. The first-order valence-electron chi connectivity index (χ1n) is 9.89. The van der Waals surface area contributed by atoms with Gasteiger partial charge in [-0.05, 0) is 31.2 Å². The second-order valence-electron chi connectivity index (χ2n) is 7.49. The Balaban J connectivity index is 1.52. The molecule has 1 fully saturated rings. The number of hydrogen-bond acceptors (Lipinski definition) is 8. The molecule has 2 heterocycles. The maximum absolute atomic E-state index is 14.7. The van der Waals surface area contributed by atoms with E-state index in [1.807, 2.05) is 6.92 Å². The van der Waals surface area contributed by atoms with E-state index in [-0.39, 0.29) is 29.4 Å². The average Bonchev–Trinajstić information content (AvgIpc) is 3.38. The molecule has 1 aliphatic heterocycles. The minimum Gasteiger partial charge on any atom is -0.342 e. The smallest absolute Gasteiger partial charge is 0.297 e. The molecule has 0 radical (unpaired) electrons. The number of halogens is 2. The zero-order chi connectivity index (χ0) is 23.6. The van der Waals surface area contributed by atoms with Gasteiger partial charge in [0.15, 0.2) is 5.16 Å². The molecule has 0 amide bonds. The van der Waals surface area contributed by atoms with Crippen molar-refractivity contribution < 1.29 is 30.9 Å². The molecule has 2 atom stereocenters. The van der Waals surface area contributed by atoms with E-state index in [2.05, 4.69) is 10.2 Å². The van der Waals surface area contributed by atoms with E-state index in [0.717, 1.165) is 17.7 Å². The largest absolute Gasteiger partial charge is 0.342 e. The summed E-state index contributed by atoms with van der Waals surface area (Å²) >= 11 is 1.20. The van der Waals surface area contributed by atoms with Gasteiger partial charge in [0.25, 0.3) is 10.1 Å². The summed E-state index contributed by atoms with van der Waals surface area (Å²) < 4.78 is 71.9. The Kier molecular flexibility index (Phi) is 6.82. The summed E-state index contributed by atoms with van der Waals surface area (Å²) in [5.74, 6) is -3.13. The van der Waals surface area contributed by atoms with Crippen molar-refractivity contribution in [2.24, 2.45) is 7.05 Å². The number of benzene rings is 2. The van der Waals surface area contributed by atoms with Crippen LogP contribution in [0.25, 0.3) is 0 Å². The van der Waals surface area contributed by atoms with Gasteiger partial charge in [0, 0.05) is 18.7 Å². The Morgan fingerprint density at radius 1 is 1.24 bits per heavy atom. The third-order valence-electron chi connectivity index (χ3n) is 4.98. The van der Waals surface area contributed by atoms with Crippen LogP contribution in [0.4, 0.5) is 8.78 Å². The minimum absolute atomic E-state index is 0.0116. The fourth-order valence-corrected chi connectivity index (χ4v) is 5.16. The highest BCUT2D eigenvalue weighted by molar-refractivity contribution is 7.99. The maximum atomic E-state index is 14.7. The van der Waals surface area contributed by atoms with Crippen LogP contribution in [0.2, 0.25) is 0 Å². The molecule has 1 aromatic heterocycles. The van der Waals surface area contributed by atoms with Crippen molar-refractivity contribution in [3.63, 3.8) is 0 Å². The van der Waals surface area contributed by atoms with Crippen molar-refractivity contribution in [2.45, 2.75) is 28.9 Å². The van der Waals surface area contributed by atoms with Gasteiger partial charge in [-0.2, -0.15) is 8.42 Å². The Morgan fingerprint density at radius 2 is 2.00 bits per heavy atom. The topological polar surface area (TPSA) is 92.5 Å². The van der Waals surface area contributed by atoms with E-state index in [1.165, 1.54) is 36.3 Å². The van der Waals surface area contributed by atoms with Gasteiger partial charge in [-0.1, -0.05) is 29.5 Å². The summed E-state index contributed by atoms with van der Waals surface area (Å²) in [7, 11) is -2.27. The van der Waals surface area contributed by atoms with Crippen LogP contribution in [0.1, 0.15) is 11.1 Å². The monoisotopic (exact) mass is 497 g/mol. The molecular formula is C21H21F2N3O5S2. The van der Waals surface area contributed by atoms with Gasteiger partial charge in [0.2, 0.25) is 5.79 Å². The highest BCUT2D eigenvalue weighted by Gasteiger charge is 2.46. The van der Waals surface area contributed by atoms with Gasteiger partial charge in [-0.15, -0.1) is 10.2 Å². The molecule has 0 aliphatic carbocycles. The molecule has 33 heavy (non-hydrogen) atoms. The fraction of sp³-hybridized carbons (Fsp3) is 0.333. The molecule has 8 nitrogen and oxygen atoms in total. The van der Waals surface area contributed by atoms with Crippen molar-refractivity contribution >= 4 is 21.9 Å². The van der Waals surface area contributed by atoms with Gasteiger partial charge in [-0.25, -0.2) is 8.78 Å². The lowest BCUT2D eigenvalue weighted by Gasteiger charge is -2.28. The van der Waals surface area contributed by atoms with Crippen molar-refractivity contribution in [3.05, 3.63) is 71.6 Å². The van der Waals surface area contributed by atoms with E-state index in [9.17, 15) is 17.2 Å². The van der Waals surface area contributed by atoms with E-state index in [4.69, 9.17) is 13.7 Å². The number of aryl methyl sites for hydroxylation is 2. The van der Waals surface area contributed by atoms with Crippen LogP contribution in [0.5, 0.6) is 0 Å². The van der Waals surface area contributed by atoms with Crippen LogP contribution >= 0.6 is 11.8 Å². The lowest BCUT2D eigenvalue weighted by molar-refractivity contribution is -0.162. The molecule has 4 rings (SSSR count). The molecule has 1 saturated heterocycles. The molecule has 0 N–H and O–H groups in total. The van der Waals surface area contributed by atoms with Crippen LogP contribution in [0, 0.1) is 18.6 Å². The highest BCUT2D eigenvalue weighted by atomic mass is 32.2. The predicted octanol–water partition coefficient (Wildman–Crippen LogP) is 3.17. The minimum atomic E-state index is -4.02. The van der Waals surface area contributed by atoms with E-state index >= 15 is 0 Å².